The second kappa shape index (κ2) is 7.12. The highest BCUT2D eigenvalue weighted by atomic mass is 16.2. The molecule has 0 spiro atoms. The number of hydrogen-bond acceptors (Lipinski definition) is 3. The molecule has 2 N–H and O–H groups in total. The van der Waals surface area contributed by atoms with Crippen LogP contribution in [0.25, 0.3) is 11.4 Å². The van der Waals surface area contributed by atoms with Crippen molar-refractivity contribution in [1.82, 2.24) is 19.7 Å². The number of amides is 1. The van der Waals surface area contributed by atoms with Gasteiger partial charge in [0.25, 0.3) is 0 Å². The molecule has 6 nitrogen and oxygen atoms in total. The largest absolute Gasteiger partial charge is 0.342 e. The highest BCUT2D eigenvalue weighted by Crippen LogP contribution is 2.20. The zero-order chi connectivity index (χ0) is 16.9. The van der Waals surface area contributed by atoms with Gasteiger partial charge in [0.15, 0.2) is 5.82 Å². The zero-order valence-corrected chi connectivity index (χ0v) is 13.8. The number of anilines is 1. The van der Waals surface area contributed by atoms with Crippen LogP contribution in [-0.2, 0) is 4.79 Å². The third-order valence-electron chi connectivity index (χ3n) is 3.75. The van der Waals surface area contributed by atoms with E-state index in [4.69, 9.17) is 0 Å². The molecule has 1 aromatic carbocycles. The second-order valence-corrected chi connectivity index (χ2v) is 6.14. The van der Waals surface area contributed by atoms with Crippen LogP contribution in [0.2, 0.25) is 0 Å². The van der Waals surface area contributed by atoms with Gasteiger partial charge in [0.1, 0.15) is 6.04 Å². The summed E-state index contributed by atoms with van der Waals surface area (Å²) >= 11 is 0. The van der Waals surface area contributed by atoms with Gasteiger partial charge in [-0.15, -0.1) is 5.10 Å². The number of benzene rings is 1. The van der Waals surface area contributed by atoms with Gasteiger partial charge in [-0.2, -0.15) is 4.98 Å². The standard InChI is InChI=1S/C18H21N5O/c1-13(2)12-15(23-10-6-7-11-23)17(24)20-18-19-16(21-22-18)14-8-4-3-5-9-14/h3-11,13,15H,12H2,1-2H3,(H2,19,20,21,22,24). The summed E-state index contributed by atoms with van der Waals surface area (Å²) in [6, 6.07) is 13.2. The molecule has 0 bridgehead atoms. The van der Waals surface area contributed by atoms with Gasteiger partial charge < -0.3 is 4.57 Å². The van der Waals surface area contributed by atoms with Gasteiger partial charge in [0, 0.05) is 18.0 Å². The molecule has 3 rings (SSSR count). The van der Waals surface area contributed by atoms with E-state index in [0.717, 1.165) is 12.0 Å². The number of carbonyl (C=O) groups is 1. The molecule has 1 unspecified atom stereocenters. The van der Waals surface area contributed by atoms with Crippen LogP contribution < -0.4 is 5.32 Å². The van der Waals surface area contributed by atoms with Crippen molar-refractivity contribution in [2.24, 2.45) is 5.92 Å². The van der Waals surface area contributed by atoms with Crippen molar-refractivity contribution in [3.8, 4) is 11.4 Å². The minimum Gasteiger partial charge on any atom is -0.342 e. The maximum Gasteiger partial charge on any atom is 0.249 e. The molecule has 0 aliphatic carbocycles. The van der Waals surface area contributed by atoms with E-state index < -0.39 is 0 Å². The van der Waals surface area contributed by atoms with Crippen molar-refractivity contribution < 1.29 is 4.79 Å². The molecular formula is C18H21N5O. The molecule has 2 heterocycles. The van der Waals surface area contributed by atoms with Gasteiger partial charge in [-0.1, -0.05) is 44.2 Å². The lowest BCUT2D eigenvalue weighted by atomic mass is 10.0. The average Bonchev–Trinajstić information content (AvgIpc) is 3.25. The van der Waals surface area contributed by atoms with Crippen LogP contribution in [0.4, 0.5) is 5.95 Å². The topological polar surface area (TPSA) is 75.6 Å². The highest BCUT2D eigenvalue weighted by Gasteiger charge is 2.22. The van der Waals surface area contributed by atoms with Crippen LogP contribution in [0.5, 0.6) is 0 Å². The lowest BCUT2D eigenvalue weighted by Gasteiger charge is -2.19. The molecule has 0 aliphatic heterocycles. The Kier molecular flexibility index (Phi) is 4.74. The molecule has 6 heteroatoms. The fourth-order valence-electron chi connectivity index (χ4n) is 2.60. The van der Waals surface area contributed by atoms with Crippen molar-refractivity contribution in [3.05, 3.63) is 54.9 Å². The third kappa shape index (κ3) is 3.71. The van der Waals surface area contributed by atoms with E-state index >= 15 is 0 Å². The van der Waals surface area contributed by atoms with Gasteiger partial charge in [-0.3, -0.25) is 15.2 Å². The Morgan fingerprint density at radius 2 is 1.88 bits per heavy atom. The SMILES string of the molecule is CC(C)CC(C(=O)Nc1n[nH]c(-c2ccccc2)n1)n1cccc1. The van der Waals surface area contributed by atoms with E-state index in [0.29, 0.717) is 17.7 Å². The summed E-state index contributed by atoms with van der Waals surface area (Å²) in [6.45, 7) is 4.20. The van der Waals surface area contributed by atoms with E-state index in [2.05, 4.69) is 34.3 Å². The summed E-state index contributed by atoms with van der Waals surface area (Å²) in [5.41, 5.74) is 0.926. The molecule has 1 amide bonds. The number of aromatic amines is 1. The van der Waals surface area contributed by atoms with Crippen LogP contribution in [0.3, 0.4) is 0 Å². The van der Waals surface area contributed by atoms with Gasteiger partial charge in [0.05, 0.1) is 0 Å². The minimum absolute atomic E-state index is 0.112. The molecule has 24 heavy (non-hydrogen) atoms. The first-order chi connectivity index (χ1) is 11.6. The number of nitrogens with zero attached hydrogens (tertiary/aromatic N) is 3. The highest BCUT2D eigenvalue weighted by molar-refractivity contribution is 5.92. The van der Waals surface area contributed by atoms with E-state index in [1.165, 1.54) is 0 Å². The molecule has 0 aliphatic rings. The summed E-state index contributed by atoms with van der Waals surface area (Å²) < 4.78 is 1.92. The monoisotopic (exact) mass is 323 g/mol. The molecular weight excluding hydrogens is 302 g/mol. The van der Waals surface area contributed by atoms with Crippen molar-refractivity contribution in [1.29, 1.82) is 0 Å². The Morgan fingerprint density at radius 3 is 2.54 bits per heavy atom. The molecule has 2 aromatic heterocycles. The predicted octanol–water partition coefficient (Wildman–Crippen LogP) is 3.50. The molecule has 0 radical (unpaired) electrons. The fraction of sp³-hybridized carbons (Fsp3) is 0.278. The van der Waals surface area contributed by atoms with E-state index in [9.17, 15) is 4.79 Å². The maximum atomic E-state index is 12.7. The molecule has 0 saturated carbocycles. The van der Waals surface area contributed by atoms with Crippen LogP contribution in [0.1, 0.15) is 26.3 Å². The van der Waals surface area contributed by atoms with E-state index in [-0.39, 0.29) is 11.9 Å². The number of carbonyl (C=O) groups excluding carboxylic acids is 1. The third-order valence-corrected chi connectivity index (χ3v) is 3.75. The van der Waals surface area contributed by atoms with Crippen LogP contribution in [0, 0.1) is 5.92 Å². The number of rotatable bonds is 6. The molecule has 0 fully saturated rings. The summed E-state index contributed by atoms with van der Waals surface area (Å²) in [7, 11) is 0. The Morgan fingerprint density at radius 1 is 1.17 bits per heavy atom. The van der Waals surface area contributed by atoms with Crippen molar-refractivity contribution in [2.75, 3.05) is 5.32 Å². The van der Waals surface area contributed by atoms with E-state index in [1.54, 1.807) is 0 Å². The van der Waals surface area contributed by atoms with Gasteiger partial charge in [0.2, 0.25) is 11.9 Å². The zero-order valence-electron chi connectivity index (χ0n) is 13.8. The molecule has 124 valence electrons. The summed E-state index contributed by atoms with van der Waals surface area (Å²) in [5, 5.41) is 9.77. The lowest BCUT2D eigenvalue weighted by Crippen LogP contribution is -2.27. The van der Waals surface area contributed by atoms with Crippen molar-refractivity contribution in [2.45, 2.75) is 26.3 Å². The normalized spacial score (nSPS) is 12.3. The van der Waals surface area contributed by atoms with Crippen LogP contribution in [-0.4, -0.2) is 25.7 Å². The first-order valence-electron chi connectivity index (χ1n) is 8.04. The van der Waals surface area contributed by atoms with Gasteiger partial charge in [-0.25, -0.2) is 0 Å². The predicted molar refractivity (Wildman–Crippen MR) is 93.4 cm³/mol. The lowest BCUT2D eigenvalue weighted by molar-refractivity contribution is -0.119. The first kappa shape index (κ1) is 16.0. The fourth-order valence-corrected chi connectivity index (χ4v) is 2.60. The Hall–Kier alpha value is -2.89. The Balaban J connectivity index is 1.74. The molecule has 0 saturated heterocycles. The van der Waals surface area contributed by atoms with E-state index in [1.807, 2.05) is 59.4 Å². The van der Waals surface area contributed by atoms with Gasteiger partial charge in [-0.05, 0) is 24.5 Å². The van der Waals surface area contributed by atoms with Crippen LogP contribution >= 0.6 is 0 Å². The summed E-state index contributed by atoms with van der Waals surface area (Å²) in [6.07, 6.45) is 4.55. The molecule has 3 aromatic rings. The number of hydrogen-bond donors (Lipinski definition) is 2. The smallest absolute Gasteiger partial charge is 0.249 e. The molecule has 1 atom stereocenters. The Labute approximate surface area is 140 Å². The number of aromatic nitrogens is 4. The first-order valence-corrected chi connectivity index (χ1v) is 8.04. The van der Waals surface area contributed by atoms with Gasteiger partial charge >= 0.3 is 0 Å². The summed E-state index contributed by atoms with van der Waals surface area (Å²) in [5.74, 6) is 1.21. The van der Waals surface area contributed by atoms with Crippen LogP contribution in [0.15, 0.2) is 54.9 Å². The van der Waals surface area contributed by atoms with Crippen molar-refractivity contribution >= 4 is 11.9 Å². The number of H-pyrrole nitrogens is 1. The maximum absolute atomic E-state index is 12.7. The summed E-state index contributed by atoms with van der Waals surface area (Å²) in [4.78, 5) is 17.0. The quantitative estimate of drug-likeness (QED) is 0.729. The Bertz CT molecular complexity index is 777. The number of nitrogens with one attached hydrogen (secondary N) is 2. The van der Waals surface area contributed by atoms with Crippen molar-refractivity contribution in [3.63, 3.8) is 0 Å². The average molecular weight is 323 g/mol. The second-order valence-electron chi connectivity index (χ2n) is 6.14. The minimum atomic E-state index is -0.279.